The summed E-state index contributed by atoms with van der Waals surface area (Å²) >= 11 is 3.95. The molecule has 4 aliphatic carbocycles. The zero-order valence-electron chi connectivity index (χ0n) is 19.8. The summed E-state index contributed by atoms with van der Waals surface area (Å²) in [6.45, 7) is 7.75. The van der Waals surface area contributed by atoms with Gasteiger partial charge in [-0.2, -0.15) is 0 Å². The molecular formula is C26H38O5S. The molecule has 3 saturated carbocycles. The van der Waals surface area contributed by atoms with Crippen LogP contribution in [0.2, 0.25) is 0 Å². The summed E-state index contributed by atoms with van der Waals surface area (Å²) in [4.78, 5) is 37.2. The first kappa shape index (κ1) is 24.2. The summed E-state index contributed by atoms with van der Waals surface area (Å²) in [7, 11) is 0. The highest BCUT2D eigenvalue weighted by molar-refractivity contribution is 7.96. The van der Waals surface area contributed by atoms with Crippen molar-refractivity contribution in [1.82, 2.24) is 0 Å². The molecule has 0 aromatic carbocycles. The maximum Gasteiger partial charge on any atom is 0.191 e. The van der Waals surface area contributed by atoms with E-state index in [1.807, 2.05) is 13.0 Å². The number of aliphatic hydroxyl groups is 2. The van der Waals surface area contributed by atoms with Gasteiger partial charge in [0.15, 0.2) is 16.7 Å². The normalized spacial score (nSPS) is 43.7. The fourth-order valence-electron chi connectivity index (χ4n) is 7.89. The largest absolute Gasteiger partial charge is 0.393 e. The Bertz CT molecular complexity index is 877. The van der Waals surface area contributed by atoms with Crippen molar-refractivity contribution in [3.8, 4) is 0 Å². The van der Waals surface area contributed by atoms with E-state index >= 15 is 0 Å². The van der Waals surface area contributed by atoms with Gasteiger partial charge in [-0.15, -0.1) is 12.6 Å². The van der Waals surface area contributed by atoms with E-state index in [-0.39, 0.29) is 46.3 Å². The van der Waals surface area contributed by atoms with Crippen molar-refractivity contribution >= 4 is 29.3 Å². The lowest BCUT2D eigenvalue weighted by Crippen LogP contribution is -2.61. The Kier molecular flexibility index (Phi) is 5.87. The number of allylic oxidation sites excluding steroid dienone is 1. The number of rotatable bonds is 5. The number of hydrogen-bond acceptors (Lipinski definition) is 5. The number of thiol groups is 1. The van der Waals surface area contributed by atoms with Crippen LogP contribution in [0.3, 0.4) is 0 Å². The Morgan fingerprint density at radius 2 is 1.88 bits per heavy atom. The minimum Gasteiger partial charge on any atom is -0.393 e. The molecule has 7 atom stereocenters. The van der Waals surface area contributed by atoms with Gasteiger partial charge < -0.3 is 10.2 Å². The molecule has 0 bridgehead atoms. The van der Waals surface area contributed by atoms with Crippen molar-refractivity contribution in [2.45, 2.75) is 97.2 Å². The van der Waals surface area contributed by atoms with E-state index < -0.39 is 22.5 Å². The van der Waals surface area contributed by atoms with Crippen LogP contribution in [-0.2, 0) is 14.4 Å². The fourth-order valence-corrected chi connectivity index (χ4v) is 8.00. The third-order valence-electron chi connectivity index (χ3n) is 10.1. The van der Waals surface area contributed by atoms with Gasteiger partial charge in [0.1, 0.15) is 5.60 Å². The Balaban J connectivity index is 1.60. The maximum atomic E-state index is 13.4. The number of Topliss-reactive ketones (excluding diaryl/α,β-unsaturated/α-hetero) is 1. The van der Waals surface area contributed by atoms with Crippen LogP contribution in [0.15, 0.2) is 11.6 Å². The van der Waals surface area contributed by atoms with Crippen molar-refractivity contribution < 1.29 is 24.6 Å². The van der Waals surface area contributed by atoms with Crippen molar-refractivity contribution in [3.63, 3.8) is 0 Å². The lowest BCUT2D eigenvalue weighted by atomic mass is 9.45. The molecule has 0 saturated heterocycles. The van der Waals surface area contributed by atoms with E-state index in [2.05, 4.69) is 19.6 Å². The molecule has 0 aromatic heterocycles. The highest BCUT2D eigenvalue weighted by atomic mass is 32.1. The van der Waals surface area contributed by atoms with Crippen LogP contribution in [0.4, 0.5) is 0 Å². The maximum absolute atomic E-state index is 13.4. The monoisotopic (exact) mass is 462 g/mol. The molecule has 0 aliphatic heterocycles. The molecule has 0 amide bonds. The van der Waals surface area contributed by atoms with Gasteiger partial charge in [-0.1, -0.05) is 33.3 Å². The van der Waals surface area contributed by atoms with E-state index in [9.17, 15) is 24.6 Å². The molecule has 0 radical (unpaired) electrons. The molecule has 4 aliphatic rings. The van der Waals surface area contributed by atoms with Crippen molar-refractivity contribution in [1.29, 1.82) is 0 Å². The lowest BCUT2D eigenvalue weighted by Gasteiger charge is -2.60. The molecule has 0 spiro atoms. The van der Waals surface area contributed by atoms with E-state index in [4.69, 9.17) is 0 Å². The predicted molar refractivity (Wildman–Crippen MR) is 125 cm³/mol. The van der Waals surface area contributed by atoms with Gasteiger partial charge in [-0.25, -0.2) is 0 Å². The zero-order chi connectivity index (χ0) is 23.7. The molecule has 32 heavy (non-hydrogen) atoms. The average molecular weight is 463 g/mol. The van der Waals surface area contributed by atoms with Crippen molar-refractivity contribution in [3.05, 3.63) is 11.6 Å². The third-order valence-corrected chi connectivity index (χ3v) is 10.7. The highest BCUT2D eigenvalue weighted by Gasteiger charge is 2.68. The molecule has 0 aromatic rings. The lowest BCUT2D eigenvalue weighted by molar-refractivity contribution is -0.180. The molecule has 178 valence electrons. The smallest absolute Gasteiger partial charge is 0.191 e. The van der Waals surface area contributed by atoms with Gasteiger partial charge in [-0.3, -0.25) is 14.4 Å². The molecule has 5 nitrogen and oxygen atoms in total. The first-order valence-corrected chi connectivity index (χ1v) is 12.6. The van der Waals surface area contributed by atoms with Crippen LogP contribution in [-0.4, -0.2) is 38.6 Å². The fraction of sp³-hybridized carbons (Fsp3) is 0.808. The minimum absolute atomic E-state index is 0.0619. The first-order chi connectivity index (χ1) is 14.8. The van der Waals surface area contributed by atoms with Gasteiger partial charge >= 0.3 is 0 Å². The topological polar surface area (TPSA) is 91.7 Å². The highest BCUT2D eigenvalue weighted by Crippen LogP contribution is 2.67. The number of aliphatic hydroxyl groups excluding tert-OH is 1. The van der Waals surface area contributed by atoms with Crippen LogP contribution in [0.25, 0.3) is 0 Å². The van der Waals surface area contributed by atoms with Crippen molar-refractivity contribution in [2.24, 2.45) is 34.0 Å². The van der Waals surface area contributed by atoms with Crippen LogP contribution >= 0.6 is 12.6 Å². The van der Waals surface area contributed by atoms with E-state index in [1.54, 1.807) is 13.8 Å². The second-order valence-electron chi connectivity index (χ2n) is 12.1. The van der Waals surface area contributed by atoms with E-state index in [0.717, 1.165) is 25.7 Å². The van der Waals surface area contributed by atoms with E-state index in [0.29, 0.717) is 25.7 Å². The molecule has 4 rings (SSSR count). The predicted octanol–water partition coefficient (Wildman–Crippen LogP) is 4.05. The van der Waals surface area contributed by atoms with Gasteiger partial charge in [0, 0.05) is 23.7 Å². The first-order valence-electron chi connectivity index (χ1n) is 12.2. The number of carbonyl (C=O) groups excluding carboxylic acids is 3. The van der Waals surface area contributed by atoms with Gasteiger partial charge in [0.25, 0.3) is 0 Å². The van der Waals surface area contributed by atoms with Crippen LogP contribution in [0.5, 0.6) is 0 Å². The summed E-state index contributed by atoms with van der Waals surface area (Å²) in [5, 5.41) is 23.0. The third kappa shape index (κ3) is 3.39. The summed E-state index contributed by atoms with van der Waals surface area (Å²) in [5.41, 5.74) is -1.87. The second kappa shape index (κ2) is 7.78. The number of ketones is 2. The molecule has 0 heterocycles. The standard InChI is InChI=1S/C26H38O5S/c1-23(2,22(30)32)10-9-20(29)26(31)12-8-18-17-6-5-15-13-16(27)7-11-24(15,3)21(17)19(28)14-25(18,26)4/h13,17-19,21,28,31H,5-12,14H2,1-4H3,(H,30,32)/t17?,18?,19-,21+,24-,25-,26-/m0/s1. The van der Waals surface area contributed by atoms with Gasteiger partial charge in [0.05, 0.1) is 6.10 Å². The Morgan fingerprint density at radius 1 is 1.19 bits per heavy atom. The molecule has 2 N–H and O–H groups in total. The zero-order valence-corrected chi connectivity index (χ0v) is 20.7. The SMILES string of the molecule is CC(C)(CCC(=O)[C@@]1(O)CCC2C3CCC4=CC(=O)CC[C@]4(C)[C@H]3[C@@H](O)C[C@@]21C)C(=O)S. The number of fused-ring (bicyclic) bond motifs is 5. The Hall–Kier alpha value is -0.980. The van der Waals surface area contributed by atoms with E-state index in [1.165, 1.54) is 5.57 Å². The second-order valence-corrected chi connectivity index (χ2v) is 12.5. The number of carbonyl (C=O) groups is 3. The summed E-state index contributed by atoms with van der Waals surface area (Å²) in [6.07, 6.45) is 6.32. The average Bonchev–Trinajstić information content (AvgIpc) is 2.98. The Morgan fingerprint density at radius 3 is 2.53 bits per heavy atom. The van der Waals surface area contributed by atoms with Crippen LogP contribution in [0, 0.1) is 34.0 Å². The summed E-state index contributed by atoms with van der Waals surface area (Å²) < 4.78 is 0. The molecular weight excluding hydrogens is 424 g/mol. The van der Waals surface area contributed by atoms with Crippen LogP contribution < -0.4 is 0 Å². The van der Waals surface area contributed by atoms with Crippen molar-refractivity contribution in [2.75, 3.05) is 0 Å². The summed E-state index contributed by atoms with van der Waals surface area (Å²) in [5.74, 6) is 0.444. The quantitative estimate of drug-likeness (QED) is 0.536. The minimum atomic E-state index is -1.47. The number of hydrogen-bond donors (Lipinski definition) is 3. The molecule has 3 fully saturated rings. The summed E-state index contributed by atoms with van der Waals surface area (Å²) in [6, 6.07) is 0. The Labute approximate surface area is 196 Å². The van der Waals surface area contributed by atoms with Gasteiger partial charge in [-0.05, 0) is 74.2 Å². The van der Waals surface area contributed by atoms with Crippen LogP contribution in [0.1, 0.15) is 85.5 Å². The van der Waals surface area contributed by atoms with Gasteiger partial charge in [0.2, 0.25) is 0 Å². The molecule has 2 unspecified atom stereocenters. The molecule has 6 heteroatoms.